The van der Waals surface area contributed by atoms with E-state index in [4.69, 9.17) is 0 Å². The molecule has 2 amide bonds. The number of piperidine rings is 1. The Hall–Kier alpha value is -2.34. The van der Waals surface area contributed by atoms with E-state index >= 15 is 0 Å². The van der Waals surface area contributed by atoms with Crippen molar-refractivity contribution in [1.29, 1.82) is 0 Å². The molecule has 2 aliphatic rings. The first kappa shape index (κ1) is 18.0. The second kappa shape index (κ2) is 8.13. The summed E-state index contributed by atoms with van der Waals surface area (Å²) in [6.07, 6.45) is 3.85. The Labute approximate surface area is 164 Å². The fourth-order valence-corrected chi connectivity index (χ4v) is 4.64. The molecule has 1 aromatic carbocycles. The maximum absolute atomic E-state index is 12.8. The average molecular weight is 384 g/mol. The van der Waals surface area contributed by atoms with Gasteiger partial charge in [-0.1, -0.05) is 18.2 Å². The summed E-state index contributed by atoms with van der Waals surface area (Å²) in [6.45, 7) is 3.39. The minimum atomic E-state index is -0.0379. The summed E-state index contributed by atoms with van der Waals surface area (Å²) in [4.78, 5) is 30.2. The van der Waals surface area contributed by atoms with Crippen LogP contribution in [0, 0.1) is 5.92 Å². The van der Waals surface area contributed by atoms with E-state index in [1.807, 2.05) is 40.6 Å². The predicted octanol–water partition coefficient (Wildman–Crippen LogP) is 3.84. The Morgan fingerprint density at radius 2 is 1.70 bits per heavy atom. The molecule has 5 nitrogen and oxygen atoms in total. The standard InChI is InChI=1S/C21H25N3O2S/c25-20(22-17-6-1-2-7-18(17)23-11-3-4-12-23)16-9-13-24(14-10-16)21(26)19-8-5-15-27-19/h1-2,5-8,15-16H,3-4,9-14H2,(H,22,25). The van der Waals surface area contributed by atoms with Crippen molar-refractivity contribution in [2.45, 2.75) is 25.7 Å². The zero-order valence-electron chi connectivity index (χ0n) is 15.4. The number of hydrogen-bond donors (Lipinski definition) is 1. The Kier molecular flexibility index (Phi) is 5.43. The number of carbonyl (C=O) groups is 2. The lowest BCUT2D eigenvalue weighted by molar-refractivity contribution is -0.121. The highest BCUT2D eigenvalue weighted by molar-refractivity contribution is 7.12. The van der Waals surface area contributed by atoms with Gasteiger partial charge in [0.05, 0.1) is 16.3 Å². The number of rotatable bonds is 4. The first-order chi connectivity index (χ1) is 13.2. The van der Waals surface area contributed by atoms with Gasteiger partial charge >= 0.3 is 0 Å². The van der Waals surface area contributed by atoms with Gasteiger partial charge < -0.3 is 15.1 Å². The SMILES string of the molecule is O=C(Nc1ccccc1N1CCCC1)C1CCN(C(=O)c2cccs2)CC1. The smallest absolute Gasteiger partial charge is 0.263 e. The van der Waals surface area contributed by atoms with Crippen molar-refractivity contribution in [2.24, 2.45) is 5.92 Å². The molecule has 4 rings (SSSR count). The van der Waals surface area contributed by atoms with Crippen LogP contribution in [0.2, 0.25) is 0 Å². The number of amides is 2. The van der Waals surface area contributed by atoms with E-state index in [1.165, 1.54) is 24.2 Å². The quantitative estimate of drug-likeness (QED) is 0.873. The van der Waals surface area contributed by atoms with Crippen LogP contribution in [-0.2, 0) is 4.79 Å². The molecule has 0 bridgehead atoms. The van der Waals surface area contributed by atoms with Crippen molar-refractivity contribution in [2.75, 3.05) is 36.4 Å². The molecule has 0 atom stereocenters. The van der Waals surface area contributed by atoms with Crippen LogP contribution in [0.5, 0.6) is 0 Å². The lowest BCUT2D eigenvalue weighted by atomic mass is 9.95. The summed E-state index contributed by atoms with van der Waals surface area (Å²) in [5, 5.41) is 5.07. The van der Waals surface area contributed by atoms with Crippen LogP contribution in [0.3, 0.4) is 0 Å². The molecule has 3 heterocycles. The fraction of sp³-hybridized carbons (Fsp3) is 0.429. The molecule has 2 fully saturated rings. The number of nitrogens with zero attached hydrogens (tertiary/aromatic N) is 2. The number of thiophene rings is 1. The molecule has 0 spiro atoms. The molecule has 0 saturated carbocycles. The zero-order chi connectivity index (χ0) is 18.6. The maximum Gasteiger partial charge on any atom is 0.263 e. The molecule has 6 heteroatoms. The van der Waals surface area contributed by atoms with Crippen LogP contribution >= 0.6 is 11.3 Å². The molecule has 0 aliphatic carbocycles. The molecular formula is C21H25N3O2S. The molecule has 2 saturated heterocycles. The van der Waals surface area contributed by atoms with Crippen molar-refractivity contribution >= 4 is 34.5 Å². The lowest BCUT2D eigenvalue weighted by Crippen LogP contribution is -2.41. The summed E-state index contributed by atoms with van der Waals surface area (Å²) < 4.78 is 0. The summed E-state index contributed by atoms with van der Waals surface area (Å²) in [5.41, 5.74) is 2.02. The van der Waals surface area contributed by atoms with E-state index in [0.29, 0.717) is 13.1 Å². The van der Waals surface area contributed by atoms with Crippen LogP contribution < -0.4 is 10.2 Å². The third-order valence-electron chi connectivity index (χ3n) is 5.49. The average Bonchev–Trinajstić information content (AvgIpc) is 3.42. The maximum atomic E-state index is 12.8. The number of para-hydroxylation sites is 2. The van der Waals surface area contributed by atoms with Crippen molar-refractivity contribution in [1.82, 2.24) is 4.90 Å². The van der Waals surface area contributed by atoms with Crippen LogP contribution in [0.4, 0.5) is 11.4 Å². The van der Waals surface area contributed by atoms with E-state index in [1.54, 1.807) is 0 Å². The number of hydrogen-bond acceptors (Lipinski definition) is 4. The highest BCUT2D eigenvalue weighted by Gasteiger charge is 2.28. The van der Waals surface area contributed by atoms with Crippen molar-refractivity contribution in [3.8, 4) is 0 Å². The minimum Gasteiger partial charge on any atom is -0.370 e. The van der Waals surface area contributed by atoms with Gasteiger partial charge in [0.1, 0.15) is 0 Å². The first-order valence-electron chi connectivity index (χ1n) is 9.70. The van der Waals surface area contributed by atoms with Crippen LogP contribution in [0.1, 0.15) is 35.4 Å². The number of nitrogens with one attached hydrogen (secondary N) is 1. The van der Waals surface area contributed by atoms with Gasteiger partial charge in [0.25, 0.3) is 5.91 Å². The second-order valence-corrected chi connectivity index (χ2v) is 8.19. The van der Waals surface area contributed by atoms with Crippen LogP contribution in [0.25, 0.3) is 0 Å². The van der Waals surface area contributed by atoms with Crippen LogP contribution in [-0.4, -0.2) is 42.9 Å². The van der Waals surface area contributed by atoms with Gasteiger partial charge in [0.15, 0.2) is 0 Å². The Morgan fingerprint density at radius 1 is 0.963 bits per heavy atom. The van der Waals surface area contributed by atoms with E-state index in [2.05, 4.69) is 16.3 Å². The molecule has 2 aliphatic heterocycles. The van der Waals surface area contributed by atoms with Gasteiger partial charge in [-0.3, -0.25) is 9.59 Å². The van der Waals surface area contributed by atoms with Gasteiger partial charge in [0.2, 0.25) is 5.91 Å². The molecule has 2 aromatic rings. The van der Waals surface area contributed by atoms with Crippen molar-refractivity contribution in [3.05, 3.63) is 46.7 Å². The highest BCUT2D eigenvalue weighted by atomic mass is 32.1. The second-order valence-electron chi connectivity index (χ2n) is 7.24. The number of benzene rings is 1. The van der Waals surface area contributed by atoms with Crippen LogP contribution in [0.15, 0.2) is 41.8 Å². The molecule has 142 valence electrons. The summed E-state index contributed by atoms with van der Waals surface area (Å²) >= 11 is 1.47. The molecule has 1 aromatic heterocycles. The summed E-state index contributed by atoms with van der Waals surface area (Å²) in [5.74, 6) is 0.122. The van der Waals surface area contributed by atoms with Gasteiger partial charge in [-0.15, -0.1) is 11.3 Å². The van der Waals surface area contributed by atoms with Gasteiger partial charge in [-0.2, -0.15) is 0 Å². The minimum absolute atomic E-state index is 0.0379. The highest BCUT2D eigenvalue weighted by Crippen LogP contribution is 2.30. The largest absolute Gasteiger partial charge is 0.370 e. The topological polar surface area (TPSA) is 52.7 Å². The Balaban J connectivity index is 1.36. The fourth-order valence-electron chi connectivity index (χ4n) is 3.95. The first-order valence-corrected chi connectivity index (χ1v) is 10.6. The van der Waals surface area contributed by atoms with Crippen molar-refractivity contribution in [3.63, 3.8) is 0 Å². The van der Waals surface area contributed by atoms with Gasteiger partial charge in [-0.05, 0) is 49.3 Å². The lowest BCUT2D eigenvalue weighted by Gasteiger charge is -2.31. The number of anilines is 2. The third-order valence-corrected chi connectivity index (χ3v) is 6.35. The molecule has 1 N–H and O–H groups in total. The third kappa shape index (κ3) is 4.00. The normalized spacial score (nSPS) is 17.9. The number of carbonyl (C=O) groups excluding carboxylic acids is 2. The van der Waals surface area contributed by atoms with Gasteiger partial charge in [-0.25, -0.2) is 0 Å². The summed E-state index contributed by atoms with van der Waals surface area (Å²) in [6, 6.07) is 11.8. The molecular weight excluding hydrogens is 358 g/mol. The zero-order valence-corrected chi connectivity index (χ0v) is 16.2. The molecule has 0 unspecified atom stereocenters. The molecule has 0 radical (unpaired) electrons. The van der Waals surface area contributed by atoms with E-state index < -0.39 is 0 Å². The van der Waals surface area contributed by atoms with Crippen molar-refractivity contribution < 1.29 is 9.59 Å². The number of likely N-dealkylation sites (tertiary alicyclic amines) is 1. The van der Waals surface area contributed by atoms with Gasteiger partial charge in [0, 0.05) is 32.1 Å². The summed E-state index contributed by atoms with van der Waals surface area (Å²) in [7, 11) is 0. The predicted molar refractivity (Wildman–Crippen MR) is 109 cm³/mol. The Bertz CT molecular complexity index is 792. The van der Waals surface area contributed by atoms with E-state index in [0.717, 1.165) is 42.2 Å². The van der Waals surface area contributed by atoms with E-state index in [-0.39, 0.29) is 17.7 Å². The van der Waals surface area contributed by atoms with E-state index in [9.17, 15) is 9.59 Å². The Morgan fingerprint density at radius 3 is 2.41 bits per heavy atom. The molecule has 27 heavy (non-hydrogen) atoms. The monoisotopic (exact) mass is 383 g/mol.